The lowest BCUT2D eigenvalue weighted by molar-refractivity contribution is -0.120. The maximum Gasteiger partial charge on any atom is 0.516 e. The minimum atomic E-state index is -5.49. The van der Waals surface area contributed by atoms with Gasteiger partial charge in [0, 0.05) is 25.3 Å². The molecule has 0 fully saturated rings. The molecule has 2 amide bonds. The van der Waals surface area contributed by atoms with Gasteiger partial charge in [0.1, 0.15) is 0 Å². The van der Waals surface area contributed by atoms with E-state index in [-0.39, 0.29) is 23.9 Å². The molecular weight excluding hydrogens is 581 g/mol. The third kappa shape index (κ3) is 8.41. The number of ether oxygens (including phenoxy) is 1. The molecule has 2 N–H and O–H groups in total. The largest absolute Gasteiger partial charge is 0.516 e. The lowest BCUT2D eigenvalue weighted by Crippen LogP contribution is -2.31. The van der Waals surface area contributed by atoms with Crippen LogP contribution >= 0.6 is 11.3 Å². The number of nitrogens with one attached hydrogen (secondary N) is 2. The van der Waals surface area contributed by atoms with E-state index in [2.05, 4.69) is 10.3 Å². The first-order valence-corrected chi connectivity index (χ1v) is 14.3. The van der Waals surface area contributed by atoms with Gasteiger partial charge in [-0.15, -0.1) is 0 Å². The summed E-state index contributed by atoms with van der Waals surface area (Å²) in [5, 5.41) is 2.93. The molecule has 41 heavy (non-hydrogen) atoms. The normalized spacial score (nSPS) is 11.3. The third-order valence-corrected chi connectivity index (χ3v) is 7.59. The Hall–Kier alpha value is -4.17. The maximum atomic E-state index is 12.3. The Morgan fingerprint density at radius 1 is 0.976 bits per heavy atom. The first kappa shape index (κ1) is 31.4. The number of aryl methyl sites for hydroxylation is 2. The van der Waals surface area contributed by atoms with Crippen molar-refractivity contribution < 1.29 is 35.9 Å². The average molecular weight is 609 g/mol. The molecule has 4 rings (SSSR count). The van der Waals surface area contributed by atoms with Gasteiger partial charge < -0.3 is 15.0 Å². The van der Waals surface area contributed by atoms with Crippen molar-refractivity contribution in [1.29, 1.82) is 0 Å². The van der Waals surface area contributed by atoms with Gasteiger partial charge in [-0.05, 0) is 55.3 Å². The third-order valence-electron chi connectivity index (χ3n) is 5.54. The summed E-state index contributed by atoms with van der Waals surface area (Å²) in [4.78, 5) is 29.0. The van der Waals surface area contributed by atoms with Gasteiger partial charge in [0.2, 0.25) is 5.91 Å². The molecule has 0 aliphatic heterocycles. The molecule has 9 nitrogen and oxygen atoms in total. The summed E-state index contributed by atoms with van der Waals surface area (Å²) in [6.07, 6.45) is 0. The zero-order valence-electron chi connectivity index (χ0n) is 22.4. The lowest BCUT2D eigenvalue weighted by Gasteiger charge is -2.16. The van der Waals surface area contributed by atoms with Gasteiger partial charge in [0.25, 0.3) is 11.1 Å². The Kier molecular flexibility index (Phi) is 9.94. The van der Waals surface area contributed by atoms with Crippen LogP contribution in [0.4, 0.5) is 30.2 Å². The molecule has 0 aliphatic carbocycles. The molecular formula is C27H27F3N4O5S2. The number of anilines is 3. The number of aromatic nitrogens is 1. The molecule has 0 atom stereocenters. The van der Waals surface area contributed by atoms with E-state index in [1.54, 1.807) is 18.9 Å². The number of nitrogens with zero attached hydrogens (tertiary/aromatic N) is 2. The molecule has 0 bridgehead atoms. The predicted octanol–water partition coefficient (Wildman–Crippen LogP) is 5.86. The summed E-state index contributed by atoms with van der Waals surface area (Å²) in [5.41, 5.74) is -2.76. The van der Waals surface area contributed by atoms with E-state index in [0.29, 0.717) is 16.3 Å². The van der Waals surface area contributed by atoms with E-state index < -0.39 is 21.4 Å². The number of alkyl halides is 3. The van der Waals surface area contributed by atoms with Gasteiger partial charge in [-0.25, -0.2) is 4.98 Å². The highest BCUT2D eigenvalue weighted by atomic mass is 32.2. The number of thiazole rings is 1. The van der Waals surface area contributed by atoms with Crippen LogP contribution in [0.5, 0.6) is 5.19 Å². The van der Waals surface area contributed by atoms with Gasteiger partial charge in [-0.1, -0.05) is 47.7 Å². The number of halogens is 3. The number of benzene rings is 3. The number of hydrogen-bond donors (Lipinski definition) is 2. The van der Waals surface area contributed by atoms with Gasteiger partial charge in [0.05, 0.1) is 15.9 Å². The van der Waals surface area contributed by atoms with E-state index in [9.17, 15) is 31.2 Å². The minimum Gasteiger partial charge on any atom is -0.460 e. The number of rotatable bonds is 7. The number of amides is 2. The molecule has 4 aromatic rings. The second-order valence-corrected chi connectivity index (χ2v) is 11.4. The first-order chi connectivity index (χ1) is 19.2. The zero-order chi connectivity index (χ0) is 30.4. The highest BCUT2D eigenvalue weighted by molar-refractivity contribution is 7.93. The Balaban J connectivity index is 0.000000226. The standard InChI is InChI=1S/C16H14N2O2S.C11H13F3N2O3S/c1-18(12-7-3-2-4-8-12)15(19)11-20-16-17-13-9-5-6-10-14(13)21-16;1-6-4-7(2)10(5-9(6)15-8(3)17)16-20(18,19)11(12,13)14/h2-10H,11H2,1H3;4-5,16H,1-3H3,(H,15,17). The van der Waals surface area contributed by atoms with Gasteiger partial charge in [0.15, 0.2) is 6.61 Å². The summed E-state index contributed by atoms with van der Waals surface area (Å²) in [6, 6.07) is 19.9. The second-order valence-electron chi connectivity index (χ2n) is 8.74. The van der Waals surface area contributed by atoms with Gasteiger partial charge in [-0.2, -0.15) is 21.6 Å². The van der Waals surface area contributed by atoms with Crippen molar-refractivity contribution in [2.24, 2.45) is 0 Å². The number of likely N-dealkylation sites (N-methyl/N-ethyl adjacent to an activating group) is 1. The van der Waals surface area contributed by atoms with Crippen molar-refractivity contribution in [1.82, 2.24) is 4.98 Å². The number of carbonyl (C=O) groups excluding carboxylic acids is 2. The van der Waals surface area contributed by atoms with Crippen LogP contribution in [0.15, 0.2) is 66.7 Å². The van der Waals surface area contributed by atoms with Crippen LogP contribution in [0.2, 0.25) is 0 Å². The molecule has 3 aromatic carbocycles. The zero-order valence-corrected chi connectivity index (χ0v) is 24.1. The predicted molar refractivity (Wildman–Crippen MR) is 154 cm³/mol. The van der Waals surface area contributed by atoms with Crippen molar-refractivity contribution in [2.45, 2.75) is 26.3 Å². The highest BCUT2D eigenvalue weighted by Crippen LogP contribution is 2.30. The van der Waals surface area contributed by atoms with Crippen molar-refractivity contribution in [3.63, 3.8) is 0 Å². The van der Waals surface area contributed by atoms with E-state index >= 15 is 0 Å². The number of fused-ring (bicyclic) bond motifs is 1. The van der Waals surface area contributed by atoms with Crippen LogP contribution in [-0.4, -0.2) is 44.4 Å². The van der Waals surface area contributed by atoms with E-state index in [1.807, 2.05) is 54.6 Å². The van der Waals surface area contributed by atoms with Crippen LogP contribution in [0.3, 0.4) is 0 Å². The molecule has 0 radical (unpaired) electrons. The van der Waals surface area contributed by atoms with Crippen molar-refractivity contribution >= 4 is 60.5 Å². The van der Waals surface area contributed by atoms with Gasteiger partial charge >= 0.3 is 15.5 Å². The Morgan fingerprint density at radius 2 is 1.59 bits per heavy atom. The molecule has 0 unspecified atom stereocenters. The monoisotopic (exact) mass is 608 g/mol. The van der Waals surface area contributed by atoms with E-state index in [1.165, 1.54) is 36.0 Å². The Bertz CT molecular complexity index is 1610. The topological polar surface area (TPSA) is 118 Å². The van der Waals surface area contributed by atoms with E-state index in [0.717, 1.165) is 22.0 Å². The van der Waals surface area contributed by atoms with E-state index in [4.69, 9.17) is 4.74 Å². The van der Waals surface area contributed by atoms with Gasteiger partial charge in [-0.3, -0.25) is 14.3 Å². The first-order valence-electron chi connectivity index (χ1n) is 12.0. The van der Waals surface area contributed by atoms with Crippen LogP contribution in [0, 0.1) is 13.8 Å². The Labute approximate surface area is 239 Å². The molecule has 0 spiro atoms. The number of hydrogen-bond acceptors (Lipinski definition) is 7. The minimum absolute atomic E-state index is 0.0226. The van der Waals surface area contributed by atoms with Crippen molar-refractivity contribution in [2.75, 3.05) is 28.6 Å². The Morgan fingerprint density at radius 3 is 2.20 bits per heavy atom. The summed E-state index contributed by atoms with van der Waals surface area (Å²) in [7, 11) is -3.76. The van der Waals surface area contributed by atoms with Crippen LogP contribution in [-0.2, 0) is 19.6 Å². The number of para-hydroxylation sites is 2. The van der Waals surface area contributed by atoms with Crippen molar-refractivity contribution in [3.05, 3.63) is 77.9 Å². The summed E-state index contributed by atoms with van der Waals surface area (Å²) >= 11 is 1.44. The lowest BCUT2D eigenvalue weighted by atomic mass is 10.1. The molecule has 0 saturated carbocycles. The van der Waals surface area contributed by atoms with Crippen LogP contribution in [0.25, 0.3) is 10.2 Å². The average Bonchev–Trinajstić information content (AvgIpc) is 3.32. The summed E-state index contributed by atoms with van der Waals surface area (Å²) in [5.74, 6) is -0.526. The molecule has 14 heteroatoms. The summed E-state index contributed by atoms with van der Waals surface area (Å²) < 4.78 is 67.1. The molecule has 0 saturated heterocycles. The molecule has 1 aromatic heterocycles. The highest BCUT2D eigenvalue weighted by Gasteiger charge is 2.46. The smallest absolute Gasteiger partial charge is 0.460 e. The van der Waals surface area contributed by atoms with Crippen LogP contribution < -0.4 is 19.7 Å². The quantitative estimate of drug-likeness (QED) is 0.271. The fourth-order valence-corrected chi connectivity index (χ4v) is 4.86. The summed E-state index contributed by atoms with van der Waals surface area (Å²) in [6.45, 7) is 4.31. The molecule has 0 aliphatic rings. The molecule has 1 heterocycles. The number of sulfonamides is 1. The maximum absolute atomic E-state index is 12.3. The van der Waals surface area contributed by atoms with Crippen LogP contribution in [0.1, 0.15) is 18.1 Å². The number of carbonyl (C=O) groups is 2. The fraction of sp³-hybridized carbons (Fsp3) is 0.222. The second kappa shape index (κ2) is 13.0. The fourth-order valence-electron chi connectivity index (χ4n) is 3.42. The molecule has 218 valence electrons. The SMILES string of the molecule is CC(=O)Nc1cc(NS(=O)(=O)C(F)(F)F)c(C)cc1C.CN(C(=O)COc1nc2ccccc2s1)c1ccccc1. The van der Waals surface area contributed by atoms with Crippen molar-refractivity contribution in [3.8, 4) is 5.19 Å².